The topological polar surface area (TPSA) is 41.5 Å². The van der Waals surface area contributed by atoms with Crippen molar-refractivity contribution in [3.63, 3.8) is 0 Å². The summed E-state index contributed by atoms with van der Waals surface area (Å²) in [5.74, 6) is 0.234. The van der Waals surface area contributed by atoms with Gasteiger partial charge in [0.15, 0.2) is 0 Å². The second-order valence-corrected chi connectivity index (χ2v) is 4.13. The normalized spacial score (nSPS) is 16.8. The first-order valence-corrected chi connectivity index (χ1v) is 5.74. The number of hydrazone groups is 1. The van der Waals surface area contributed by atoms with Crippen LogP contribution in [-0.4, -0.2) is 12.1 Å². The standard InChI is InChI=1S/C13H16N2O/c16-13(12-8-4-5-9-12)15-14-10-11-6-2-1-3-7-11/h1-3,6-7,10,12H,4-5,8-9H2,(H,15,16)/b14-10+. The fourth-order valence-electron chi connectivity index (χ4n) is 1.99. The molecule has 0 bridgehead atoms. The van der Waals surface area contributed by atoms with Crippen LogP contribution in [0.15, 0.2) is 35.4 Å². The summed E-state index contributed by atoms with van der Waals surface area (Å²) in [7, 11) is 0. The third-order valence-corrected chi connectivity index (χ3v) is 2.91. The van der Waals surface area contributed by atoms with Gasteiger partial charge in [-0.1, -0.05) is 43.2 Å². The summed E-state index contributed by atoms with van der Waals surface area (Å²) in [4.78, 5) is 11.6. The minimum Gasteiger partial charge on any atom is -0.273 e. The van der Waals surface area contributed by atoms with Crippen molar-refractivity contribution in [1.82, 2.24) is 5.43 Å². The van der Waals surface area contributed by atoms with Crippen molar-refractivity contribution in [2.75, 3.05) is 0 Å². The van der Waals surface area contributed by atoms with Gasteiger partial charge in [-0.05, 0) is 18.4 Å². The van der Waals surface area contributed by atoms with Gasteiger partial charge in [0.2, 0.25) is 5.91 Å². The molecule has 0 radical (unpaired) electrons. The van der Waals surface area contributed by atoms with Crippen LogP contribution in [0, 0.1) is 5.92 Å². The minimum atomic E-state index is 0.0599. The van der Waals surface area contributed by atoms with E-state index in [4.69, 9.17) is 0 Å². The third kappa shape index (κ3) is 2.92. The molecular formula is C13H16N2O. The summed E-state index contributed by atoms with van der Waals surface area (Å²) in [6.45, 7) is 0. The summed E-state index contributed by atoms with van der Waals surface area (Å²) in [5, 5.41) is 3.96. The quantitative estimate of drug-likeness (QED) is 0.611. The summed E-state index contributed by atoms with van der Waals surface area (Å²) >= 11 is 0. The molecule has 1 aliphatic rings. The largest absolute Gasteiger partial charge is 0.273 e. The number of carbonyl (C=O) groups is 1. The molecule has 1 N–H and O–H groups in total. The number of nitrogens with one attached hydrogen (secondary N) is 1. The van der Waals surface area contributed by atoms with Crippen molar-refractivity contribution in [3.05, 3.63) is 35.9 Å². The lowest BCUT2D eigenvalue weighted by molar-refractivity contribution is -0.124. The molecule has 0 aromatic heterocycles. The van der Waals surface area contributed by atoms with Crippen molar-refractivity contribution >= 4 is 12.1 Å². The fourth-order valence-corrected chi connectivity index (χ4v) is 1.99. The lowest BCUT2D eigenvalue weighted by atomic mass is 10.1. The van der Waals surface area contributed by atoms with Crippen LogP contribution in [0.1, 0.15) is 31.2 Å². The molecule has 1 aromatic rings. The zero-order valence-corrected chi connectivity index (χ0v) is 9.23. The molecular weight excluding hydrogens is 200 g/mol. The van der Waals surface area contributed by atoms with E-state index in [1.807, 2.05) is 30.3 Å². The molecule has 1 amide bonds. The highest BCUT2D eigenvalue weighted by Gasteiger charge is 2.21. The van der Waals surface area contributed by atoms with E-state index in [2.05, 4.69) is 10.5 Å². The van der Waals surface area contributed by atoms with Crippen LogP contribution in [0.25, 0.3) is 0 Å². The van der Waals surface area contributed by atoms with Gasteiger partial charge < -0.3 is 0 Å². The van der Waals surface area contributed by atoms with Crippen molar-refractivity contribution in [1.29, 1.82) is 0 Å². The van der Waals surface area contributed by atoms with Crippen LogP contribution in [0.5, 0.6) is 0 Å². The van der Waals surface area contributed by atoms with Crippen LogP contribution < -0.4 is 5.43 Å². The zero-order chi connectivity index (χ0) is 11.2. The molecule has 0 heterocycles. The third-order valence-electron chi connectivity index (χ3n) is 2.91. The zero-order valence-electron chi connectivity index (χ0n) is 9.23. The molecule has 0 aliphatic heterocycles. The Bertz CT molecular complexity index is 367. The monoisotopic (exact) mass is 216 g/mol. The Hall–Kier alpha value is -1.64. The molecule has 0 spiro atoms. The van der Waals surface area contributed by atoms with Gasteiger partial charge >= 0.3 is 0 Å². The highest BCUT2D eigenvalue weighted by atomic mass is 16.2. The van der Waals surface area contributed by atoms with E-state index in [1.165, 1.54) is 12.8 Å². The van der Waals surface area contributed by atoms with E-state index in [-0.39, 0.29) is 11.8 Å². The molecule has 0 saturated heterocycles. The van der Waals surface area contributed by atoms with Crippen molar-refractivity contribution in [3.8, 4) is 0 Å². The molecule has 1 aromatic carbocycles. The summed E-state index contributed by atoms with van der Waals surface area (Å²) in [6.07, 6.45) is 6.02. The van der Waals surface area contributed by atoms with E-state index in [9.17, 15) is 4.79 Å². The van der Waals surface area contributed by atoms with Crippen LogP contribution >= 0.6 is 0 Å². The molecule has 1 saturated carbocycles. The molecule has 16 heavy (non-hydrogen) atoms. The van der Waals surface area contributed by atoms with E-state index < -0.39 is 0 Å². The number of nitrogens with zero attached hydrogens (tertiary/aromatic N) is 1. The van der Waals surface area contributed by atoms with Crippen molar-refractivity contribution in [2.24, 2.45) is 11.0 Å². The molecule has 3 heteroatoms. The predicted molar refractivity (Wildman–Crippen MR) is 64.1 cm³/mol. The number of rotatable bonds is 3. The van der Waals surface area contributed by atoms with Crippen LogP contribution in [0.4, 0.5) is 0 Å². The van der Waals surface area contributed by atoms with E-state index >= 15 is 0 Å². The number of carbonyl (C=O) groups excluding carboxylic acids is 1. The number of amides is 1. The number of hydrogen-bond donors (Lipinski definition) is 1. The van der Waals surface area contributed by atoms with Crippen molar-refractivity contribution in [2.45, 2.75) is 25.7 Å². The van der Waals surface area contributed by atoms with Gasteiger partial charge in [-0.15, -0.1) is 0 Å². The van der Waals surface area contributed by atoms with Gasteiger partial charge in [0.25, 0.3) is 0 Å². The molecule has 1 aliphatic carbocycles. The molecule has 3 nitrogen and oxygen atoms in total. The van der Waals surface area contributed by atoms with Crippen LogP contribution in [0.3, 0.4) is 0 Å². The Balaban J connectivity index is 1.82. The molecule has 0 unspecified atom stereocenters. The maximum absolute atomic E-state index is 11.6. The fraction of sp³-hybridized carbons (Fsp3) is 0.385. The van der Waals surface area contributed by atoms with Gasteiger partial charge in [-0.2, -0.15) is 5.10 Å². The molecule has 2 rings (SSSR count). The number of hydrogen-bond acceptors (Lipinski definition) is 2. The average Bonchev–Trinajstić information content (AvgIpc) is 2.84. The SMILES string of the molecule is O=C(N/N=C/c1ccccc1)C1CCCC1. The predicted octanol–water partition coefficient (Wildman–Crippen LogP) is 2.33. The Morgan fingerprint density at radius 3 is 2.62 bits per heavy atom. The van der Waals surface area contributed by atoms with Crippen LogP contribution in [-0.2, 0) is 4.79 Å². The maximum Gasteiger partial charge on any atom is 0.243 e. The first-order valence-electron chi connectivity index (χ1n) is 5.74. The maximum atomic E-state index is 11.6. The minimum absolute atomic E-state index is 0.0599. The molecule has 0 atom stereocenters. The van der Waals surface area contributed by atoms with Gasteiger partial charge in [0, 0.05) is 5.92 Å². The van der Waals surface area contributed by atoms with E-state index in [1.54, 1.807) is 6.21 Å². The first-order chi connectivity index (χ1) is 7.86. The molecule has 84 valence electrons. The summed E-state index contributed by atoms with van der Waals surface area (Å²) in [6, 6.07) is 9.74. The Morgan fingerprint density at radius 2 is 1.94 bits per heavy atom. The van der Waals surface area contributed by atoms with Gasteiger partial charge in [0.05, 0.1) is 6.21 Å². The molecule has 1 fully saturated rings. The van der Waals surface area contributed by atoms with E-state index in [0.717, 1.165) is 18.4 Å². The van der Waals surface area contributed by atoms with Crippen LogP contribution in [0.2, 0.25) is 0 Å². The smallest absolute Gasteiger partial charge is 0.243 e. The lowest BCUT2D eigenvalue weighted by Gasteiger charge is -2.05. The Morgan fingerprint density at radius 1 is 1.25 bits per heavy atom. The lowest BCUT2D eigenvalue weighted by Crippen LogP contribution is -2.24. The summed E-state index contributed by atoms with van der Waals surface area (Å²) < 4.78 is 0. The Kier molecular flexibility index (Phi) is 3.70. The Labute approximate surface area is 95.6 Å². The number of benzene rings is 1. The van der Waals surface area contributed by atoms with Gasteiger partial charge in [0.1, 0.15) is 0 Å². The highest BCUT2D eigenvalue weighted by molar-refractivity contribution is 5.83. The first kappa shape index (κ1) is 10.9. The second kappa shape index (κ2) is 5.45. The van der Waals surface area contributed by atoms with E-state index in [0.29, 0.717) is 0 Å². The highest BCUT2D eigenvalue weighted by Crippen LogP contribution is 2.24. The van der Waals surface area contributed by atoms with Gasteiger partial charge in [-0.25, -0.2) is 5.43 Å². The van der Waals surface area contributed by atoms with Gasteiger partial charge in [-0.3, -0.25) is 4.79 Å². The second-order valence-electron chi connectivity index (χ2n) is 4.13. The average molecular weight is 216 g/mol. The van der Waals surface area contributed by atoms with Crippen molar-refractivity contribution < 1.29 is 4.79 Å². The summed E-state index contributed by atoms with van der Waals surface area (Å²) in [5.41, 5.74) is 3.60.